The quantitative estimate of drug-likeness (QED) is 0.167. The van der Waals surface area contributed by atoms with E-state index in [2.05, 4.69) is 37.7 Å². The van der Waals surface area contributed by atoms with Crippen LogP contribution in [0.15, 0.2) is 48.5 Å². The van der Waals surface area contributed by atoms with Gasteiger partial charge < -0.3 is 0 Å². The molecular weight excluding hydrogens is 504 g/mol. The van der Waals surface area contributed by atoms with Gasteiger partial charge in [-0.2, -0.15) is 27.5 Å². The molecule has 0 aliphatic rings. The molecule has 0 aliphatic heterocycles. The minimum Gasteiger partial charge on any atom is -0.252 e. The minimum absolute atomic E-state index is 0.0973. The van der Waals surface area contributed by atoms with Gasteiger partial charge in [-0.3, -0.25) is 9.97 Å². The van der Waals surface area contributed by atoms with Crippen molar-refractivity contribution < 1.29 is 17.6 Å². The Morgan fingerprint density at radius 1 is 0.615 bits per heavy atom. The lowest BCUT2D eigenvalue weighted by Gasteiger charge is -2.27. The average molecular weight is 537 g/mol. The van der Waals surface area contributed by atoms with Gasteiger partial charge in [0.15, 0.2) is 0 Å². The monoisotopic (exact) mass is 536 g/mol. The number of nitrogens with zero attached hydrogens (tertiary/aromatic N) is 4. The topological polar surface area (TPSA) is 51.6 Å². The molecule has 0 saturated carbocycles. The van der Waals surface area contributed by atoms with E-state index in [0.29, 0.717) is 22.8 Å². The molecule has 4 aromatic heterocycles. The van der Waals surface area contributed by atoms with Crippen LogP contribution in [0.3, 0.4) is 0 Å². The smallest absolute Gasteiger partial charge is 0.224 e. The van der Waals surface area contributed by atoms with Crippen LogP contribution in [0.2, 0.25) is 0 Å². The van der Waals surface area contributed by atoms with Gasteiger partial charge in [-0.05, 0) is 98.2 Å². The third kappa shape index (κ3) is 5.84. The summed E-state index contributed by atoms with van der Waals surface area (Å²) < 4.78 is 56.5. The highest BCUT2D eigenvalue weighted by Crippen LogP contribution is 2.37. The van der Waals surface area contributed by atoms with Gasteiger partial charge in [-0.25, -0.2) is 0 Å². The molecule has 8 heteroatoms. The summed E-state index contributed by atoms with van der Waals surface area (Å²) in [7, 11) is 0. The summed E-state index contributed by atoms with van der Waals surface area (Å²) in [5.41, 5.74) is 3.21. The maximum Gasteiger partial charge on any atom is 0.224 e. The second kappa shape index (κ2) is 11.2. The van der Waals surface area contributed by atoms with E-state index in [1.54, 1.807) is 12.1 Å². The molecule has 204 valence electrons. The van der Waals surface area contributed by atoms with E-state index in [0.717, 1.165) is 36.1 Å². The Morgan fingerprint density at radius 2 is 1.00 bits per heavy atom. The summed E-state index contributed by atoms with van der Waals surface area (Å²) >= 11 is 0. The summed E-state index contributed by atoms with van der Waals surface area (Å²) in [6, 6.07) is 12.4. The Morgan fingerprint density at radius 3 is 1.33 bits per heavy atom. The molecule has 0 aliphatic carbocycles. The van der Waals surface area contributed by atoms with E-state index >= 15 is 0 Å². The first-order valence-electron chi connectivity index (χ1n) is 13.1. The van der Waals surface area contributed by atoms with Crippen LogP contribution in [0.25, 0.3) is 22.5 Å². The molecule has 0 fully saturated rings. The zero-order valence-electron chi connectivity index (χ0n) is 23.0. The molecule has 4 aromatic rings. The van der Waals surface area contributed by atoms with Crippen molar-refractivity contribution in [3.63, 3.8) is 0 Å². The van der Waals surface area contributed by atoms with Gasteiger partial charge >= 0.3 is 0 Å². The summed E-state index contributed by atoms with van der Waals surface area (Å²) in [4.78, 5) is 16.3. The van der Waals surface area contributed by atoms with Gasteiger partial charge in [0.25, 0.3) is 0 Å². The van der Waals surface area contributed by atoms with Crippen molar-refractivity contribution in [3.05, 3.63) is 94.8 Å². The van der Waals surface area contributed by atoms with E-state index in [1.165, 1.54) is 12.1 Å². The van der Waals surface area contributed by atoms with Crippen molar-refractivity contribution in [2.75, 3.05) is 0 Å². The predicted molar refractivity (Wildman–Crippen MR) is 144 cm³/mol. The molecule has 0 radical (unpaired) electrons. The highest BCUT2D eigenvalue weighted by Gasteiger charge is 2.30. The van der Waals surface area contributed by atoms with Crippen LogP contribution >= 0.6 is 0 Å². The Labute approximate surface area is 226 Å². The Kier molecular flexibility index (Phi) is 8.14. The normalized spacial score (nSPS) is 13.4. The fraction of sp³-hybridized carbons (Fsp3) is 0.355. The zero-order chi connectivity index (χ0) is 28.5. The zero-order valence-corrected chi connectivity index (χ0v) is 23.0. The lowest BCUT2D eigenvalue weighted by Crippen LogP contribution is -2.24. The Bertz CT molecular complexity index is 1390. The molecule has 2 atom stereocenters. The molecule has 0 aromatic carbocycles. The maximum atomic E-state index is 14.7. The van der Waals surface area contributed by atoms with E-state index in [-0.39, 0.29) is 23.0 Å². The highest BCUT2D eigenvalue weighted by molar-refractivity contribution is 5.62. The Hall–Kier alpha value is -3.68. The number of pyridine rings is 4. The predicted octanol–water partition coefficient (Wildman–Crippen LogP) is 8.51. The highest BCUT2D eigenvalue weighted by atomic mass is 19.1. The van der Waals surface area contributed by atoms with Crippen LogP contribution in [-0.2, 0) is 5.41 Å². The van der Waals surface area contributed by atoms with Crippen molar-refractivity contribution in [2.45, 2.75) is 71.6 Å². The van der Waals surface area contributed by atoms with Crippen molar-refractivity contribution in [1.29, 1.82) is 0 Å². The molecule has 0 saturated heterocycles. The van der Waals surface area contributed by atoms with Gasteiger partial charge in [0.2, 0.25) is 23.8 Å². The second-order valence-electron chi connectivity index (χ2n) is 10.5. The third-order valence-corrected chi connectivity index (χ3v) is 7.52. The van der Waals surface area contributed by atoms with E-state index in [1.807, 2.05) is 26.0 Å². The standard InChI is InChI=1S/C31H32F4N4/c1-7-17(3)19-13-23(21-9-11-27(32)38-29(21)34)36-25(15-19)31(5,6)26-16-20(18(4)8-2)14-24(37-26)22-10-12-28(33)39-30(22)35/h9-18H,7-8H2,1-6H3. The van der Waals surface area contributed by atoms with Crippen LogP contribution in [0.5, 0.6) is 0 Å². The fourth-order valence-electron chi connectivity index (χ4n) is 4.40. The van der Waals surface area contributed by atoms with Gasteiger partial charge in [-0.15, -0.1) is 0 Å². The molecule has 0 bridgehead atoms. The maximum absolute atomic E-state index is 14.7. The first-order valence-corrected chi connectivity index (χ1v) is 13.1. The van der Waals surface area contributed by atoms with E-state index < -0.39 is 29.2 Å². The molecule has 0 amide bonds. The number of rotatable bonds is 8. The Balaban J connectivity index is 1.94. The number of halogens is 4. The third-order valence-electron chi connectivity index (χ3n) is 7.52. The first kappa shape index (κ1) is 28.3. The molecule has 4 nitrogen and oxygen atoms in total. The average Bonchev–Trinajstić information content (AvgIpc) is 2.91. The molecular formula is C31H32F4N4. The van der Waals surface area contributed by atoms with Crippen LogP contribution in [0, 0.1) is 23.8 Å². The van der Waals surface area contributed by atoms with Crippen LogP contribution in [0.1, 0.15) is 88.7 Å². The van der Waals surface area contributed by atoms with E-state index in [9.17, 15) is 17.6 Å². The fourth-order valence-corrected chi connectivity index (χ4v) is 4.40. The number of aromatic nitrogens is 4. The molecule has 0 N–H and O–H groups in total. The summed E-state index contributed by atoms with van der Waals surface area (Å²) in [5.74, 6) is -3.40. The van der Waals surface area contributed by atoms with Crippen molar-refractivity contribution >= 4 is 0 Å². The molecule has 4 heterocycles. The van der Waals surface area contributed by atoms with Crippen LogP contribution < -0.4 is 0 Å². The number of hydrogen-bond donors (Lipinski definition) is 0. The number of hydrogen-bond acceptors (Lipinski definition) is 4. The summed E-state index contributed by atoms with van der Waals surface area (Å²) in [5, 5.41) is 0. The summed E-state index contributed by atoms with van der Waals surface area (Å²) in [6.07, 6.45) is 1.69. The van der Waals surface area contributed by atoms with Gasteiger partial charge in [0.1, 0.15) is 0 Å². The SMILES string of the molecule is CCC(C)c1cc(-c2ccc(F)nc2F)nc(C(C)(C)c2cc(C(C)CC)cc(-c3ccc(F)nc3F)n2)c1. The van der Waals surface area contributed by atoms with E-state index in [4.69, 9.17) is 9.97 Å². The largest absolute Gasteiger partial charge is 0.252 e. The molecule has 39 heavy (non-hydrogen) atoms. The summed E-state index contributed by atoms with van der Waals surface area (Å²) in [6.45, 7) is 12.2. The van der Waals surface area contributed by atoms with Crippen LogP contribution in [0.4, 0.5) is 17.6 Å². The molecule has 2 unspecified atom stereocenters. The molecule has 4 rings (SSSR count). The van der Waals surface area contributed by atoms with Crippen molar-refractivity contribution in [2.24, 2.45) is 0 Å². The first-order chi connectivity index (χ1) is 18.4. The van der Waals surface area contributed by atoms with Gasteiger partial charge in [0.05, 0.1) is 33.9 Å². The van der Waals surface area contributed by atoms with Crippen molar-refractivity contribution in [3.8, 4) is 22.5 Å². The van der Waals surface area contributed by atoms with Gasteiger partial charge in [-0.1, -0.05) is 27.7 Å². The lowest BCUT2D eigenvalue weighted by atomic mass is 9.81. The second-order valence-corrected chi connectivity index (χ2v) is 10.5. The lowest BCUT2D eigenvalue weighted by molar-refractivity contribution is 0.514. The molecule has 0 spiro atoms. The van der Waals surface area contributed by atoms with Gasteiger partial charge in [0, 0.05) is 5.41 Å². The van der Waals surface area contributed by atoms with Crippen LogP contribution in [-0.4, -0.2) is 19.9 Å². The van der Waals surface area contributed by atoms with Crippen molar-refractivity contribution in [1.82, 2.24) is 19.9 Å². The minimum atomic E-state index is -0.939.